The molecular weight excluding hydrogens is 545 g/mol. The van der Waals surface area contributed by atoms with Gasteiger partial charge < -0.3 is 0 Å². The molecule has 0 N–H and O–H groups in total. The molecule has 0 amide bonds. The molecule has 0 radical (unpaired) electrons. The van der Waals surface area contributed by atoms with E-state index in [-0.39, 0.29) is 0 Å². The van der Waals surface area contributed by atoms with Crippen LogP contribution in [0.5, 0.6) is 0 Å². The van der Waals surface area contributed by atoms with Crippen LogP contribution in [0.15, 0.2) is 12.1 Å². The Morgan fingerprint density at radius 1 is 0.357 bits per heavy atom. The standard InChI is InChI=1S/C40H72S2/c1-3-5-7-9-11-13-15-17-19-21-23-25-27-29-31-37-33-39-35-41-42-36-40(39)34-38(37)32-30-28-26-24-22-20-18-16-14-12-10-8-6-4-2/h33-34H,3-32,35-36H2,1-2H3. The lowest BCUT2D eigenvalue weighted by atomic mass is 9.92. The van der Waals surface area contributed by atoms with Gasteiger partial charge in [-0.3, -0.25) is 0 Å². The number of aryl methyl sites for hydroxylation is 2. The number of benzene rings is 1. The van der Waals surface area contributed by atoms with E-state index >= 15 is 0 Å². The van der Waals surface area contributed by atoms with Crippen molar-refractivity contribution in [3.63, 3.8) is 0 Å². The minimum absolute atomic E-state index is 1.21. The zero-order chi connectivity index (χ0) is 29.8. The molecule has 0 saturated heterocycles. The van der Waals surface area contributed by atoms with Crippen LogP contribution >= 0.6 is 21.6 Å². The van der Waals surface area contributed by atoms with Crippen LogP contribution < -0.4 is 0 Å². The third-order valence-corrected chi connectivity index (χ3v) is 11.9. The topological polar surface area (TPSA) is 0 Å². The predicted molar refractivity (Wildman–Crippen MR) is 197 cm³/mol. The van der Waals surface area contributed by atoms with Gasteiger partial charge in [-0.05, 0) is 47.9 Å². The van der Waals surface area contributed by atoms with Gasteiger partial charge in [0.15, 0.2) is 0 Å². The van der Waals surface area contributed by atoms with Gasteiger partial charge in [0.2, 0.25) is 0 Å². The minimum atomic E-state index is 1.21. The van der Waals surface area contributed by atoms with Crippen LogP contribution in [0.4, 0.5) is 0 Å². The number of hydrogen-bond acceptors (Lipinski definition) is 2. The zero-order valence-corrected chi connectivity index (χ0v) is 30.2. The number of rotatable bonds is 30. The molecule has 0 unspecified atom stereocenters. The minimum Gasteiger partial charge on any atom is -0.0890 e. The van der Waals surface area contributed by atoms with Crippen molar-refractivity contribution >= 4 is 21.6 Å². The second-order valence-corrected chi connectivity index (χ2v) is 16.1. The van der Waals surface area contributed by atoms with Crippen LogP contribution in [-0.2, 0) is 24.3 Å². The van der Waals surface area contributed by atoms with E-state index in [9.17, 15) is 0 Å². The number of unbranched alkanes of at least 4 members (excludes halogenated alkanes) is 26. The average Bonchev–Trinajstić information content (AvgIpc) is 3.01. The summed E-state index contributed by atoms with van der Waals surface area (Å²) in [6.07, 6.45) is 43.2. The van der Waals surface area contributed by atoms with E-state index in [4.69, 9.17) is 0 Å². The fourth-order valence-electron chi connectivity index (χ4n) is 6.76. The van der Waals surface area contributed by atoms with Crippen LogP contribution in [0.3, 0.4) is 0 Å². The smallest absolute Gasteiger partial charge is 0.0292 e. The van der Waals surface area contributed by atoms with Crippen molar-refractivity contribution < 1.29 is 0 Å². The zero-order valence-electron chi connectivity index (χ0n) is 28.6. The summed E-state index contributed by atoms with van der Waals surface area (Å²) in [5, 5.41) is 0. The molecule has 1 aliphatic heterocycles. The Kier molecular flexibility index (Phi) is 25.8. The van der Waals surface area contributed by atoms with Gasteiger partial charge in [0.25, 0.3) is 0 Å². The van der Waals surface area contributed by atoms with E-state index in [0.29, 0.717) is 0 Å². The maximum atomic E-state index is 2.63. The fourth-order valence-corrected chi connectivity index (χ4v) is 8.98. The molecule has 0 atom stereocenters. The van der Waals surface area contributed by atoms with E-state index in [1.54, 1.807) is 22.3 Å². The molecule has 2 heteroatoms. The van der Waals surface area contributed by atoms with Gasteiger partial charge in [0, 0.05) is 11.5 Å². The van der Waals surface area contributed by atoms with E-state index < -0.39 is 0 Å². The molecular formula is C40H72S2. The highest BCUT2D eigenvalue weighted by Gasteiger charge is 2.14. The van der Waals surface area contributed by atoms with E-state index in [1.807, 2.05) is 0 Å². The Morgan fingerprint density at radius 3 is 0.857 bits per heavy atom. The Bertz CT molecular complexity index is 666. The number of hydrogen-bond donors (Lipinski definition) is 0. The lowest BCUT2D eigenvalue weighted by Crippen LogP contribution is -2.03. The molecule has 0 bridgehead atoms. The van der Waals surface area contributed by atoms with Crippen molar-refractivity contribution in [2.75, 3.05) is 0 Å². The normalized spacial score (nSPS) is 13.1. The fraction of sp³-hybridized carbons (Fsp3) is 0.850. The van der Waals surface area contributed by atoms with Crippen LogP contribution in [0.25, 0.3) is 0 Å². The van der Waals surface area contributed by atoms with Gasteiger partial charge in [0.1, 0.15) is 0 Å². The largest absolute Gasteiger partial charge is 0.0890 e. The molecule has 0 spiro atoms. The molecule has 42 heavy (non-hydrogen) atoms. The lowest BCUT2D eigenvalue weighted by molar-refractivity contribution is 0.534. The Balaban J connectivity index is 1.52. The highest BCUT2D eigenvalue weighted by atomic mass is 33.1. The lowest BCUT2D eigenvalue weighted by Gasteiger charge is -2.19. The van der Waals surface area contributed by atoms with E-state index in [2.05, 4.69) is 47.6 Å². The SMILES string of the molecule is CCCCCCCCCCCCCCCCc1cc2c(cc1CCCCCCCCCCCCCCCC)CSSC2. The third-order valence-electron chi connectivity index (χ3n) is 9.63. The summed E-state index contributed by atoms with van der Waals surface area (Å²) in [6, 6.07) is 5.26. The highest BCUT2D eigenvalue weighted by molar-refractivity contribution is 8.76. The first-order valence-electron chi connectivity index (χ1n) is 19.2. The summed E-state index contributed by atoms with van der Waals surface area (Å²) < 4.78 is 0. The monoisotopic (exact) mass is 617 g/mol. The maximum absolute atomic E-state index is 2.63. The molecule has 0 nitrogen and oxygen atoms in total. The molecule has 1 heterocycles. The third kappa shape index (κ3) is 20.0. The summed E-state index contributed by atoms with van der Waals surface area (Å²) in [5.74, 6) is 2.43. The molecule has 1 aromatic carbocycles. The van der Waals surface area contributed by atoms with Crippen LogP contribution in [0.2, 0.25) is 0 Å². The van der Waals surface area contributed by atoms with Crippen molar-refractivity contribution in [3.05, 3.63) is 34.4 Å². The first-order chi connectivity index (χ1) is 20.8. The van der Waals surface area contributed by atoms with Gasteiger partial charge in [0.05, 0.1) is 0 Å². The summed E-state index contributed by atoms with van der Waals surface area (Å²) in [6.45, 7) is 4.62. The summed E-state index contributed by atoms with van der Waals surface area (Å²) in [4.78, 5) is 0. The molecule has 1 aromatic rings. The van der Waals surface area contributed by atoms with Crippen molar-refractivity contribution in [1.82, 2.24) is 0 Å². The predicted octanol–water partition coefficient (Wildman–Crippen LogP) is 15.1. The van der Waals surface area contributed by atoms with Crippen LogP contribution in [-0.4, -0.2) is 0 Å². The first kappa shape index (κ1) is 38.1. The summed E-state index contributed by atoms with van der Waals surface area (Å²) in [7, 11) is 4.11. The second-order valence-electron chi connectivity index (χ2n) is 13.6. The summed E-state index contributed by atoms with van der Waals surface area (Å²) in [5.41, 5.74) is 6.69. The van der Waals surface area contributed by atoms with Gasteiger partial charge >= 0.3 is 0 Å². The van der Waals surface area contributed by atoms with Crippen LogP contribution in [0, 0.1) is 0 Å². The highest BCUT2D eigenvalue weighted by Crippen LogP contribution is 2.38. The Hall–Kier alpha value is -0.0800. The molecule has 0 saturated carbocycles. The summed E-state index contributed by atoms with van der Waals surface area (Å²) >= 11 is 0. The molecule has 0 aliphatic carbocycles. The van der Waals surface area contributed by atoms with Crippen molar-refractivity contribution in [2.24, 2.45) is 0 Å². The van der Waals surface area contributed by atoms with Crippen molar-refractivity contribution in [1.29, 1.82) is 0 Å². The molecule has 1 aliphatic rings. The Labute approximate surface area is 272 Å². The van der Waals surface area contributed by atoms with Gasteiger partial charge in [-0.1, -0.05) is 215 Å². The second kappa shape index (κ2) is 28.4. The van der Waals surface area contributed by atoms with Gasteiger partial charge in [-0.2, -0.15) is 0 Å². The molecule has 0 fully saturated rings. The van der Waals surface area contributed by atoms with E-state index in [1.165, 1.54) is 204 Å². The van der Waals surface area contributed by atoms with Gasteiger partial charge in [-0.25, -0.2) is 0 Å². The maximum Gasteiger partial charge on any atom is 0.0292 e. The van der Waals surface area contributed by atoms with Gasteiger partial charge in [-0.15, -0.1) is 0 Å². The van der Waals surface area contributed by atoms with E-state index in [0.717, 1.165) is 0 Å². The Morgan fingerprint density at radius 2 is 0.595 bits per heavy atom. The average molecular weight is 617 g/mol. The van der Waals surface area contributed by atoms with Crippen molar-refractivity contribution in [3.8, 4) is 0 Å². The molecule has 244 valence electrons. The molecule has 0 aromatic heterocycles. The quantitative estimate of drug-likeness (QED) is 0.0623. The molecule has 2 rings (SSSR count). The number of fused-ring (bicyclic) bond motifs is 1. The first-order valence-corrected chi connectivity index (χ1v) is 21.7. The van der Waals surface area contributed by atoms with Crippen molar-refractivity contribution in [2.45, 2.75) is 218 Å². The van der Waals surface area contributed by atoms with Crippen LogP contribution in [0.1, 0.15) is 216 Å².